The molecule has 1 aliphatic carbocycles. The summed E-state index contributed by atoms with van der Waals surface area (Å²) in [6.45, 7) is -1.14. The Balaban J connectivity index is 1.67. The molecule has 1 amide bonds. The highest BCUT2D eigenvalue weighted by atomic mass is 19.3. The van der Waals surface area contributed by atoms with E-state index >= 15 is 0 Å². The van der Waals surface area contributed by atoms with Crippen molar-refractivity contribution in [3.05, 3.63) is 53.1 Å². The second kappa shape index (κ2) is 10.8. The van der Waals surface area contributed by atoms with Gasteiger partial charge >= 0.3 is 18.7 Å². The number of aromatic nitrogens is 2. The van der Waals surface area contributed by atoms with Crippen molar-refractivity contribution in [2.24, 2.45) is 5.92 Å². The molecule has 1 fully saturated rings. The zero-order chi connectivity index (χ0) is 27.8. The standard InChI is InChI=1S/C28H30F3N3O5/c1-15-6-8-20-21(33(15)28(37)38-2)9-10-22-25(20)32-24(34(22)19-5-3-4-16(13-19)26(35)36)14-17-12-18(29)7-11-23(17)39-27(30)31/h7,9-12,15-16,19,27H,3-6,8,13-14H2,1-2H3,(H,35,36). The van der Waals surface area contributed by atoms with Gasteiger partial charge in [0.05, 0.1) is 29.7 Å². The summed E-state index contributed by atoms with van der Waals surface area (Å²) in [6, 6.07) is 6.79. The largest absolute Gasteiger partial charge is 0.481 e. The molecule has 3 unspecified atom stereocenters. The van der Waals surface area contributed by atoms with Gasteiger partial charge in [0.1, 0.15) is 17.4 Å². The summed E-state index contributed by atoms with van der Waals surface area (Å²) >= 11 is 0. The van der Waals surface area contributed by atoms with Gasteiger partial charge in [-0.15, -0.1) is 0 Å². The lowest BCUT2D eigenvalue weighted by molar-refractivity contribution is -0.143. The number of aliphatic carboxylic acids is 1. The molecule has 2 heterocycles. The van der Waals surface area contributed by atoms with Gasteiger partial charge in [0.15, 0.2) is 0 Å². The third-order valence-electron chi connectivity index (χ3n) is 7.85. The predicted molar refractivity (Wildman–Crippen MR) is 137 cm³/mol. The number of ether oxygens (including phenoxy) is 2. The number of hydrogen-bond donors (Lipinski definition) is 1. The first-order valence-electron chi connectivity index (χ1n) is 13.0. The molecule has 1 aliphatic heterocycles. The van der Waals surface area contributed by atoms with E-state index in [1.165, 1.54) is 13.2 Å². The number of halogens is 3. The molecule has 3 aromatic rings. The van der Waals surface area contributed by atoms with E-state index in [1.807, 2.05) is 23.6 Å². The minimum absolute atomic E-state index is 0.00533. The quantitative estimate of drug-likeness (QED) is 0.403. The molecule has 11 heteroatoms. The lowest BCUT2D eigenvalue weighted by Gasteiger charge is -2.34. The second-order valence-corrected chi connectivity index (χ2v) is 10.2. The number of anilines is 1. The van der Waals surface area contributed by atoms with Crippen LogP contribution in [0, 0.1) is 11.7 Å². The maximum Gasteiger partial charge on any atom is 0.414 e. The van der Waals surface area contributed by atoms with E-state index in [9.17, 15) is 27.9 Å². The van der Waals surface area contributed by atoms with Crippen LogP contribution in [-0.2, 0) is 22.4 Å². The monoisotopic (exact) mass is 545 g/mol. The lowest BCUT2D eigenvalue weighted by Crippen LogP contribution is -2.42. The fourth-order valence-electron chi connectivity index (χ4n) is 6.05. The molecule has 0 radical (unpaired) electrons. The van der Waals surface area contributed by atoms with Gasteiger partial charge in [-0.05, 0) is 69.4 Å². The minimum Gasteiger partial charge on any atom is -0.481 e. The summed E-state index contributed by atoms with van der Waals surface area (Å²) in [5.74, 6) is -1.64. The minimum atomic E-state index is -3.08. The number of methoxy groups -OCH3 is 1. The Labute approximate surface area is 223 Å². The molecule has 1 saturated carbocycles. The number of carboxylic acids is 1. The van der Waals surface area contributed by atoms with Crippen molar-refractivity contribution in [2.75, 3.05) is 12.0 Å². The topological polar surface area (TPSA) is 93.9 Å². The van der Waals surface area contributed by atoms with Crippen LogP contribution in [0.1, 0.15) is 62.0 Å². The van der Waals surface area contributed by atoms with Crippen molar-refractivity contribution in [2.45, 2.75) is 70.6 Å². The molecule has 2 aromatic carbocycles. The molecule has 39 heavy (non-hydrogen) atoms. The molecule has 3 atom stereocenters. The van der Waals surface area contributed by atoms with Gasteiger partial charge in [-0.2, -0.15) is 8.78 Å². The predicted octanol–water partition coefficient (Wildman–Crippen LogP) is 6.09. The number of imidazole rings is 1. The maximum absolute atomic E-state index is 14.2. The first-order chi connectivity index (χ1) is 18.7. The van der Waals surface area contributed by atoms with E-state index in [0.29, 0.717) is 55.6 Å². The maximum atomic E-state index is 14.2. The molecule has 8 nitrogen and oxygen atoms in total. The highest BCUT2D eigenvalue weighted by Gasteiger charge is 2.34. The van der Waals surface area contributed by atoms with Gasteiger partial charge in [-0.1, -0.05) is 6.42 Å². The van der Waals surface area contributed by atoms with Gasteiger partial charge in [0.2, 0.25) is 0 Å². The number of aryl methyl sites for hydroxylation is 1. The highest BCUT2D eigenvalue weighted by molar-refractivity contribution is 5.95. The number of fused-ring (bicyclic) bond motifs is 3. The molecule has 5 rings (SSSR count). The first-order valence-corrected chi connectivity index (χ1v) is 13.0. The van der Waals surface area contributed by atoms with Crippen LogP contribution < -0.4 is 9.64 Å². The van der Waals surface area contributed by atoms with Gasteiger partial charge in [-0.25, -0.2) is 14.2 Å². The Hall–Kier alpha value is -3.76. The first kappa shape index (κ1) is 26.8. The molecule has 2 aliphatic rings. The van der Waals surface area contributed by atoms with Gasteiger partial charge in [-0.3, -0.25) is 9.69 Å². The SMILES string of the molecule is COC(=O)N1c2ccc3c(nc(Cc4cc(F)ccc4OC(F)F)n3C3CCCC(C(=O)O)C3)c2CCC1C. The van der Waals surface area contributed by atoms with E-state index in [-0.39, 0.29) is 29.8 Å². The third-order valence-corrected chi connectivity index (χ3v) is 7.85. The number of hydrogen-bond acceptors (Lipinski definition) is 5. The molecule has 208 valence electrons. The number of benzene rings is 2. The molecular formula is C28H30F3N3O5. The van der Waals surface area contributed by atoms with Crippen molar-refractivity contribution < 1.29 is 37.3 Å². The normalized spacial score (nSPS) is 21.2. The van der Waals surface area contributed by atoms with Crippen molar-refractivity contribution in [1.82, 2.24) is 9.55 Å². The van der Waals surface area contributed by atoms with E-state index in [2.05, 4.69) is 4.74 Å². The summed E-state index contributed by atoms with van der Waals surface area (Å²) < 4.78 is 52.1. The molecule has 0 saturated heterocycles. The van der Waals surface area contributed by atoms with Crippen molar-refractivity contribution in [1.29, 1.82) is 0 Å². The summed E-state index contributed by atoms with van der Waals surface area (Å²) in [5, 5.41) is 9.71. The van der Waals surface area contributed by atoms with E-state index < -0.39 is 30.4 Å². The Morgan fingerprint density at radius 1 is 1.18 bits per heavy atom. The fourth-order valence-corrected chi connectivity index (χ4v) is 6.05. The smallest absolute Gasteiger partial charge is 0.414 e. The molecule has 1 N–H and O–H groups in total. The van der Waals surface area contributed by atoms with E-state index in [0.717, 1.165) is 23.2 Å². The zero-order valence-electron chi connectivity index (χ0n) is 21.7. The fraction of sp³-hybridized carbons (Fsp3) is 0.464. The van der Waals surface area contributed by atoms with Crippen LogP contribution >= 0.6 is 0 Å². The Kier molecular flexibility index (Phi) is 7.42. The van der Waals surface area contributed by atoms with Crippen LogP contribution in [0.4, 0.5) is 23.7 Å². The number of carbonyl (C=O) groups excluding carboxylic acids is 1. The van der Waals surface area contributed by atoms with Gasteiger partial charge in [0, 0.05) is 29.6 Å². The number of amides is 1. The van der Waals surface area contributed by atoms with Crippen molar-refractivity contribution >= 4 is 28.8 Å². The van der Waals surface area contributed by atoms with Crippen LogP contribution in [0.5, 0.6) is 5.75 Å². The molecule has 0 bridgehead atoms. The average Bonchev–Trinajstić information content (AvgIpc) is 3.27. The van der Waals surface area contributed by atoms with Crippen LogP contribution in [0.25, 0.3) is 11.0 Å². The van der Waals surface area contributed by atoms with Crippen LogP contribution in [0.3, 0.4) is 0 Å². The summed E-state index contributed by atoms with van der Waals surface area (Å²) in [4.78, 5) is 31.0. The number of carbonyl (C=O) groups is 2. The zero-order valence-corrected chi connectivity index (χ0v) is 21.7. The lowest BCUT2D eigenvalue weighted by atomic mass is 9.85. The van der Waals surface area contributed by atoms with Crippen molar-refractivity contribution in [3.8, 4) is 5.75 Å². The highest BCUT2D eigenvalue weighted by Crippen LogP contribution is 2.41. The van der Waals surface area contributed by atoms with E-state index in [1.54, 1.807) is 4.90 Å². The second-order valence-electron chi connectivity index (χ2n) is 10.2. The summed E-state index contributed by atoms with van der Waals surface area (Å²) in [7, 11) is 1.33. The third kappa shape index (κ3) is 5.14. The van der Waals surface area contributed by atoms with Crippen LogP contribution in [0.15, 0.2) is 30.3 Å². The van der Waals surface area contributed by atoms with Crippen molar-refractivity contribution in [3.63, 3.8) is 0 Å². The molecule has 0 spiro atoms. The molecule has 1 aromatic heterocycles. The summed E-state index contributed by atoms with van der Waals surface area (Å²) in [6.07, 6.45) is 3.24. The number of rotatable bonds is 6. The summed E-state index contributed by atoms with van der Waals surface area (Å²) in [5.41, 5.74) is 3.14. The Morgan fingerprint density at radius 3 is 2.69 bits per heavy atom. The van der Waals surface area contributed by atoms with Crippen LogP contribution in [0.2, 0.25) is 0 Å². The number of carboxylic acid groups (broad SMARTS) is 1. The Bertz CT molecular complexity index is 1410. The molecular weight excluding hydrogens is 515 g/mol. The van der Waals surface area contributed by atoms with Gasteiger partial charge in [0.25, 0.3) is 0 Å². The average molecular weight is 546 g/mol. The number of nitrogens with zero attached hydrogens (tertiary/aromatic N) is 3. The number of alkyl halides is 2. The van der Waals surface area contributed by atoms with Crippen LogP contribution in [-0.4, -0.2) is 46.5 Å². The van der Waals surface area contributed by atoms with Gasteiger partial charge < -0.3 is 19.1 Å². The van der Waals surface area contributed by atoms with E-state index in [4.69, 9.17) is 9.72 Å². The Morgan fingerprint density at radius 2 is 1.97 bits per heavy atom.